The van der Waals surface area contributed by atoms with Gasteiger partial charge >= 0.3 is 0 Å². The Morgan fingerprint density at radius 2 is 2.22 bits per heavy atom. The van der Waals surface area contributed by atoms with Gasteiger partial charge in [-0.2, -0.15) is 0 Å². The summed E-state index contributed by atoms with van der Waals surface area (Å²) in [5.74, 6) is 0.708. The molecule has 3 nitrogen and oxygen atoms in total. The predicted molar refractivity (Wildman–Crippen MR) is 69.2 cm³/mol. The van der Waals surface area contributed by atoms with E-state index in [0.717, 1.165) is 6.54 Å². The van der Waals surface area contributed by atoms with E-state index >= 15 is 0 Å². The van der Waals surface area contributed by atoms with Crippen molar-refractivity contribution in [2.24, 2.45) is 11.8 Å². The first kappa shape index (κ1) is 12.9. The van der Waals surface area contributed by atoms with E-state index in [2.05, 4.69) is 13.8 Å². The number of benzene rings is 1. The summed E-state index contributed by atoms with van der Waals surface area (Å²) in [7, 11) is 0. The van der Waals surface area contributed by atoms with Crippen LogP contribution in [0.15, 0.2) is 18.2 Å². The zero-order valence-corrected chi connectivity index (χ0v) is 10.8. The minimum absolute atomic E-state index is 0.136. The Balaban J connectivity index is 2.10. The molecule has 0 saturated carbocycles. The maximum atomic E-state index is 13.2. The van der Waals surface area contributed by atoms with Crippen molar-refractivity contribution >= 4 is 11.6 Å². The highest BCUT2D eigenvalue weighted by atomic mass is 19.1. The number of nitrogen functional groups attached to an aromatic ring is 1. The number of hydrogen-bond acceptors (Lipinski definition) is 2. The van der Waals surface area contributed by atoms with Crippen molar-refractivity contribution in [2.75, 3.05) is 12.3 Å². The minimum Gasteiger partial charge on any atom is -0.398 e. The van der Waals surface area contributed by atoms with Gasteiger partial charge in [-0.25, -0.2) is 4.39 Å². The highest BCUT2D eigenvalue weighted by Crippen LogP contribution is 2.27. The Morgan fingerprint density at radius 1 is 1.50 bits per heavy atom. The number of nitrogens with two attached hydrogens (primary N) is 1. The van der Waals surface area contributed by atoms with Crippen LogP contribution in [0.1, 0.15) is 25.8 Å². The van der Waals surface area contributed by atoms with E-state index in [1.165, 1.54) is 12.1 Å². The topological polar surface area (TPSA) is 46.3 Å². The lowest BCUT2D eigenvalue weighted by molar-refractivity contribution is -0.128. The molecule has 0 aliphatic carbocycles. The molecule has 1 aliphatic heterocycles. The van der Waals surface area contributed by atoms with Crippen molar-refractivity contribution in [1.29, 1.82) is 0 Å². The number of likely N-dealkylation sites (tertiary alicyclic amines) is 1. The molecule has 1 atom stereocenters. The highest BCUT2D eigenvalue weighted by Gasteiger charge is 2.31. The Hall–Kier alpha value is -1.58. The zero-order valence-electron chi connectivity index (χ0n) is 10.8. The Labute approximate surface area is 107 Å². The Bertz CT molecular complexity index is 459. The van der Waals surface area contributed by atoms with Crippen molar-refractivity contribution in [3.8, 4) is 0 Å². The number of nitrogens with zero attached hydrogens (tertiary/aromatic N) is 1. The molecule has 1 amide bonds. The van der Waals surface area contributed by atoms with E-state index in [9.17, 15) is 9.18 Å². The standard InChI is InChI=1S/C14H19FN2O/c1-9(2)10-6-14(18)17(7-10)8-11-5-12(15)3-4-13(11)16/h3-5,9-10H,6-8,16H2,1-2H3. The van der Waals surface area contributed by atoms with Crippen LogP contribution in [0.3, 0.4) is 0 Å². The van der Waals surface area contributed by atoms with E-state index in [4.69, 9.17) is 5.73 Å². The van der Waals surface area contributed by atoms with Gasteiger partial charge in [-0.05, 0) is 35.6 Å². The molecule has 1 saturated heterocycles. The molecule has 2 N–H and O–H groups in total. The number of hydrogen-bond donors (Lipinski definition) is 1. The van der Waals surface area contributed by atoms with Gasteiger partial charge in [0, 0.05) is 25.2 Å². The van der Waals surface area contributed by atoms with Crippen LogP contribution in [-0.4, -0.2) is 17.4 Å². The van der Waals surface area contributed by atoms with Gasteiger partial charge < -0.3 is 10.6 Å². The number of anilines is 1. The van der Waals surface area contributed by atoms with Crippen molar-refractivity contribution in [1.82, 2.24) is 4.90 Å². The summed E-state index contributed by atoms with van der Waals surface area (Å²) in [6.07, 6.45) is 0.590. The number of amides is 1. The zero-order chi connectivity index (χ0) is 13.3. The second-order valence-corrected chi connectivity index (χ2v) is 5.33. The molecule has 1 fully saturated rings. The van der Waals surface area contributed by atoms with Crippen LogP contribution in [0.25, 0.3) is 0 Å². The number of carbonyl (C=O) groups is 1. The lowest BCUT2D eigenvalue weighted by Gasteiger charge is -2.19. The van der Waals surface area contributed by atoms with Crippen LogP contribution in [-0.2, 0) is 11.3 Å². The van der Waals surface area contributed by atoms with Gasteiger partial charge in [-0.15, -0.1) is 0 Å². The number of carbonyl (C=O) groups excluding carboxylic acids is 1. The molecule has 4 heteroatoms. The van der Waals surface area contributed by atoms with Crippen LogP contribution in [0.4, 0.5) is 10.1 Å². The molecule has 18 heavy (non-hydrogen) atoms. The van der Waals surface area contributed by atoms with Crippen molar-refractivity contribution in [3.63, 3.8) is 0 Å². The summed E-state index contributed by atoms with van der Waals surface area (Å²) in [4.78, 5) is 13.7. The third-order valence-corrected chi connectivity index (χ3v) is 3.65. The third-order valence-electron chi connectivity index (χ3n) is 3.65. The molecule has 1 heterocycles. The summed E-state index contributed by atoms with van der Waals surface area (Å²) in [6, 6.07) is 4.29. The van der Waals surface area contributed by atoms with Gasteiger partial charge in [0.15, 0.2) is 0 Å². The molecule has 1 aromatic carbocycles. The molecule has 0 spiro atoms. The summed E-state index contributed by atoms with van der Waals surface area (Å²) < 4.78 is 13.2. The SMILES string of the molecule is CC(C)C1CC(=O)N(Cc2cc(F)ccc2N)C1. The molecule has 1 aromatic rings. The largest absolute Gasteiger partial charge is 0.398 e. The lowest BCUT2D eigenvalue weighted by Crippen LogP contribution is -2.25. The molecule has 98 valence electrons. The van der Waals surface area contributed by atoms with Crippen LogP contribution in [0.2, 0.25) is 0 Å². The normalized spacial score (nSPS) is 19.9. The molecule has 2 rings (SSSR count). The first-order valence-electron chi connectivity index (χ1n) is 6.29. The average Bonchev–Trinajstić information content (AvgIpc) is 2.66. The monoisotopic (exact) mass is 250 g/mol. The minimum atomic E-state index is -0.314. The van der Waals surface area contributed by atoms with Crippen molar-refractivity contribution in [3.05, 3.63) is 29.6 Å². The fourth-order valence-corrected chi connectivity index (χ4v) is 2.32. The van der Waals surface area contributed by atoms with Crippen LogP contribution < -0.4 is 5.73 Å². The first-order valence-corrected chi connectivity index (χ1v) is 6.29. The quantitative estimate of drug-likeness (QED) is 0.837. The van der Waals surface area contributed by atoms with Gasteiger partial charge in [0.05, 0.1) is 0 Å². The lowest BCUT2D eigenvalue weighted by atomic mass is 9.95. The summed E-state index contributed by atoms with van der Waals surface area (Å²) in [6.45, 7) is 5.40. The Kier molecular flexibility index (Phi) is 3.55. The van der Waals surface area contributed by atoms with E-state index in [1.807, 2.05) is 0 Å². The maximum absolute atomic E-state index is 13.2. The van der Waals surface area contributed by atoms with Crippen molar-refractivity contribution in [2.45, 2.75) is 26.8 Å². The van der Waals surface area contributed by atoms with Gasteiger partial charge in [-0.1, -0.05) is 13.8 Å². The molecular weight excluding hydrogens is 231 g/mol. The smallest absolute Gasteiger partial charge is 0.223 e. The van der Waals surface area contributed by atoms with Gasteiger partial charge in [0.2, 0.25) is 5.91 Å². The van der Waals surface area contributed by atoms with Gasteiger partial charge in [0.25, 0.3) is 0 Å². The van der Waals surface area contributed by atoms with E-state index < -0.39 is 0 Å². The third kappa shape index (κ3) is 2.63. The van der Waals surface area contributed by atoms with Crippen LogP contribution in [0.5, 0.6) is 0 Å². The first-order chi connectivity index (χ1) is 8.47. The van der Waals surface area contributed by atoms with E-state index in [1.54, 1.807) is 11.0 Å². The molecule has 1 unspecified atom stereocenters. The molecular formula is C14H19FN2O. The van der Waals surface area contributed by atoms with Gasteiger partial charge in [-0.3, -0.25) is 4.79 Å². The fraction of sp³-hybridized carbons (Fsp3) is 0.500. The summed E-state index contributed by atoms with van der Waals surface area (Å²) >= 11 is 0. The molecule has 0 radical (unpaired) electrons. The fourth-order valence-electron chi connectivity index (χ4n) is 2.32. The van der Waals surface area contributed by atoms with Crippen molar-refractivity contribution < 1.29 is 9.18 Å². The van der Waals surface area contributed by atoms with E-state index in [-0.39, 0.29) is 11.7 Å². The predicted octanol–water partition coefficient (Wildman–Crippen LogP) is 2.41. The summed E-state index contributed by atoms with van der Waals surface area (Å²) in [5.41, 5.74) is 7.03. The number of halogens is 1. The van der Waals surface area contributed by atoms with E-state index in [0.29, 0.717) is 36.1 Å². The second kappa shape index (κ2) is 4.96. The average molecular weight is 250 g/mol. The molecule has 0 bridgehead atoms. The second-order valence-electron chi connectivity index (χ2n) is 5.33. The van der Waals surface area contributed by atoms with Gasteiger partial charge in [0.1, 0.15) is 5.82 Å². The maximum Gasteiger partial charge on any atom is 0.223 e. The molecule has 0 aromatic heterocycles. The highest BCUT2D eigenvalue weighted by molar-refractivity contribution is 5.78. The Morgan fingerprint density at radius 3 is 2.83 bits per heavy atom. The van der Waals surface area contributed by atoms with Crippen LogP contribution >= 0.6 is 0 Å². The summed E-state index contributed by atoms with van der Waals surface area (Å²) in [5, 5.41) is 0. The van der Waals surface area contributed by atoms with Crippen LogP contribution in [0, 0.1) is 17.7 Å². The molecule has 1 aliphatic rings. The number of rotatable bonds is 3.